The molecule has 6 heteroatoms. The summed E-state index contributed by atoms with van der Waals surface area (Å²) in [5.74, 6) is 0. The topological polar surface area (TPSA) is 62.1 Å². The van der Waals surface area contributed by atoms with Gasteiger partial charge in [0.2, 0.25) is 0 Å². The fraction of sp³-hybridized carbons (Fsp3) is 0.200. The summed E-state index contributed by atoms with van der Waals surface area (Å²) in [4.78, 5) is 1.36. The lowest BCUT2D eigenvalue weighted by Gasteiger charge is -2.29. The van der Waals surface area contributed by atoms with Crippen LogP contribution in [-0.2, 0) is 23.1 Å². The second-order valence-electron chi connectivity index (χ2n) is 9.12. The molecule has 0 radical (unpaired) electrons. The maximum Gasteiger partial charge on any atom is 0.264 e. The zero-order valence-corrected chi connectivity index (χ0v) is 21.3. The van der Waals surface area contributed by atoms with Crippen molar-refractivity contribution < 1.29 is 18.4 Å². The molecular weight excluding hydrogens is 468 g/mol. The molecule has 36 heavy (non-hydrogen) atoms. The van der Waals surface area contributed by atoms with Crippen molar-refractivity contribution in [1.29, 1.82) is 0 Å². The van der Waals surface area contributed by atoms with Gasteiger partial charge in [-0.05, 0) is 36.8 Å². The van der Waals surface area contributed by atoms with Crippen LogP contribution in [-0.4, -0.2) is 32.7 Å². The highest BCUT2D eigenvalue weighted by atomic mass is 32.2. The highest BCUT2D eigenvalue weighted by Gasteiger charge is 2.29. The van der Waals surface area contributed by atoms with E-state index in [2.05, 4.69) is 24.3 Å². The first-order valence-corrected chi connectivity index (χ1v) is 13.6. The van der Waals surface area contributed by atoms with Crippen LogP contribution >= 0.6 is 0 Å². The Balaban J connectivity index is 1.59. The van der Waals surface area contributed by atoms with E-state index in [-0.39, 0.29) is 11.4 Å². The predicted octanol–water partition coefficient (Wildman–Crippen LogP) is 3.84. The summed E-state index contributed by atoms with van der Waals surface area (Å²) in [5, 5.41) is 11.3. The average Bonchev–Trinajstić information content (AvgIpc) is 2.89. The number of anilines is 1. The van der Waals surface area contributed by atoms with Gasteiger partial charge in [-0.1, -0.05) is 91.0 Å². The molecule has 0 saturated heterocycles. The van der Waals surface area contributed by atoms with Gasteiger partial charge < -0.3 is 10.0 Å². The third-order valence-corrected chi connectivity index (χ3v) is 7.92. The van der Waals surface area contributed by atoms with Crippen molar-refractivity contribution >= 4 is 15.7 Å². The van der Waals surface area contributed by atoms with Gasteiger partial charge in [0.25, 0.3) is 10.0 Å². The Morgan fingerprint density at radius 1 is 0.750 bits per heavy atom. The molecule has 4 aromatic rings. The standard InChI is InChI=1S/C30H32N2O3S/c1-25-12-11-17-28(20-25)32(36(34,35)30-18-9-4-10-19-30)24-29(33)23-31(21-26-13-5-2-6-14-26)22-27-15-7-3-8-16-27/h2-20,29,33H,21-24H2,1H3/p+1/t29-/m1/s1. The molecule has 4 rings (SSSR count). The van der Waals surface area contributed by atoms with Crippen LogP contribution in [0.4, 0.5) is 5.69 Å². The van der Waals surface area contributed by atoms with Crippen molar-refractivity contribution in [2.24, 2.45) is 0 Å². The molecular formula is C30H33N2O3S+. The minimum absolute atomic E-state index is 0.0340. The molecule has 0 aliphatic rings. The number of nitrogens with one attached hydrogen (secondary N) is 1. The van der Waals surface area contributed by atoms with Crippen LogP contribution in [0.1, 0.15) is 16.7 Å². The number of aliphatic hydroxyl groups is 1. The number of benzene rings is 4. The Morgan fingerprint density at radius 3 is 1.81 bits per heavy atom. The molecule has 0 heterocycles. The first kappa shape index (κ1) is 25.6. The number of quaternary nitrogens is 1. The number of aryl methyl sites for hydroxylation is 1. The van der Waals surface area contributed by atoms with E-state index in [4.69, 9.17) is 0 Å². The van der Waals surface area contributed by atoms with Crippen LogP contribution in [0.2, 0.25) is 0 Å². The summed E-state index contributed by atoms with van der Waals surface area (Å²) in [7, 11) is -3.86. The third-order valence-electron chi connectivity index (χ3n) is 6.12. The Labute approximate surface area is 214 Å². The Bertz CT molecular complexity index is 1290. The van der Waals surface area contributed by atoms with E-state index in [1.165, 1.54) is 15.4 Å². The second-order valence-corrected chi connectivity index (χ2v) is 11.0. The summed E-state index contributed by atoms with van der Waals surface area (Å²) in [5.41, 5.74) is 3.84. The largest absolute Gasteiger partial charge is 0.385 e. The molecule has 0 aliphatic heterocycles. The van der Waals surface area contributed by atoms with Gasteiger partial charge in [-0.25, -0.2) is 8.42 Å². The van der Waals surface area contributed by atoms with Crippen molar-refractivity contribution in [1.82, 2.24) is 0 Å². The number of hydrogen-bond donors (Lipinski definition) is 2. The van der Waals surface area contributed by atoms with E-state index in [1.807, 2.05) is 61.5 Å². The Morgan fingerprint density at radius 2 is 1.28 bits per heavy atom. The zero-order valence-electron chi connectivity index (χ0n) is 20.5. The lowest BCUT2D eigenvalue weighted by molar-refractivity contribution is -0.930. The summed E-state index contributed by atoms with van der Waals surface area (Å²) >= 11 is 0. The summed E-state index contributed by atoms with van der Waals surface area (Å²) in [6.45, 7) is 3.74. The quantitative estimate of drug-likeness (QED) is 0.328. The van der Waals surface area contributed by atoms with E-state index in [0.717, 1.165) is 23.6 Å². The van der Waals surface area contributed by atoms with Gasteiger partial charge in [0.1, 0.15) is 25.7 Å². The first-order valence-electron chi connectivity index (χ1n) is 12.2. The van der Waals surface area contributed by atoms with E-state index < -0.39 is 16.1 Å². The fourth-order valence-corrected chi connectivity index (χ4v) is 5.93. The Hall–Kier alpha value is -3.45. The van der Waals surface area contributed by atoms with E-state index in [0.29, 0.717) is 12.2 Å². The smallest absolute Gasteiger partial charge is 0.264 e. The molecule has 5 nitrogen and oxygen atoms in total. The van der Waals surface area contributed by atoms with E-state index >= 15 is 0 Å². The SMILES string of the molecule is Cc1cccc(N(C[C@H](O)C[NH+](Cc2ccccc2)Cc2ccccc2)S(=O)(=O)c2ccccc2)c1. The lowest BCUT2D eigenvalue weighted by atomic mass is 10.1. The molecule has 0 aromatic heterocycles. The van der Waals surface area contributed by atoms with Crippen molar-refractivity contribution in [3.05, 3.63) is 132 Å². The van der Waals surface area contributed by atoms with Gasteiger partial charge in [-0.3, -0.25) is 4.31 Å². The first-order chi connectivity index (χ1) is 17.4. The Kier molecular flexibility index (Phi) is 8.54. The van der Waals surface area contributed by atoms with Crippen molar-refractivity contribution in [3.8, 4) is 0 Å². The minimum atomic E-state index is -3.86. The van der Waals surface area contributed by atoms with E-state index in [1.54, 1.807) is 36.4 Å². The summed E-state index contributed by atoms with van der Waals surface area (Å²) < 4.78 is 28.6. The summed E-state index contributed by atoms with van der Waals surface area (Å²) in [6, 6.07) is 36.1. The molecule has 0 bridgehead atoms. The molecule has 0 saturated carbocycles. The van der Waals surface area contributed by atoms with Gasteiger partial charge in [0.05, 0.1) is 17.1 Å². The minimum Gasteiger partial charge on any atom is -0.385 e. The maximum atomic E-state index is 13.7. The number of aliphatic hydroxyl groups excluding tert-OH is 1. The van der Waals surface area contributed by atoms with E-state index in [9.17, 15) is 13.5 Å². The van der Waals surface area contributed by atoms with Gasteiger partial charge >= 0.3 is 0 Å². The summed E-state index contributed by atoms with van der Waals surface area (Å²) in [6.07, 6.45) is -0.869. The fourth-order valence-electron chi connectivity index (χ4n) is 4.41. The maximum absolute atomic E-state index is 13.7. The normalized spacial score (nSPS) is 12.4. The lowest BCUT2D eigenvalue weighted by Crippen LogP contribution is -3.10. The third kappa shape index (κ3) is 6.82. The molecule has 186 valence electrons. The molecule has 4 aromatic carbocycles. The molecule has 0 amide bonds. The highest BCUT2D eigenvalue weighted by Crippen LogP contribution is 2.24. The average molecular weight is 502 g/mol. The molecule has 0 spiro atoms. The van der Waals surface area contributed by atoms with Crippen LogP contribution in [0, 0.1) is 6.92 Å². The highest BCUT2D eigenvalue weighted by molar-refractivity contribution is 7.92. The van der Waals surface area contributed by atoms with Gasteiger partial charge in [0, 0.05) is 11.1 Å². The van der Waals surface area contributed by atoms with Crippen LogP contribution in [0.25, 0.3) is 0 Å². The monoisotopic (exact) mass is 501 g/mol. The van der Waals surface area contributed by atoms with Gasteiger partial charge in [-0.2, -0.15) is 0 Å². The van der Waals surface area contributed by atoms with Crippen LogP contribution in [0.5, 0.6) is 0 Å². The van der Waals surface area contributed by atoms with Crippen LogP contribution in [0.15, 0.2) is 120 Å². The van der Waals surface area contributed by atoms with Crippen molar-refractivity contribution in [3.63, 3.8) is 0 Å². The molecule has 2 N–H and O–H groups in total. The number of sulfonamides is 1. The molecule has 0 unspecified atom stereocenters. The predicted molar refractivity (Wildman–Crippen MR) is 144 cm³/mol. The van der Waals surface area contributed by atoms with Crippen LogP contribution in [0.3, 0.4) is 0 Å². The van der Waals surface area contributed by atoms with Gasteiger partial charge in [0.15, 0.2) is 0 Å². The number of rotatable bonds is 11. The molecule has 1 atom stereocenters. The van der Waals surface area contributed by atoms with Gasteiger partial charge in [-0.15, -0.1) is 0 Å². The van der Waals surface area contributed by atoms with Crippen LogP contribution < -0.4 is 9.21 Å². The molecule has 0 aliphatic carbocycles. The second kappa shape index (κ2) is 12.0. The number of nitrogens with zero attached hydrogens (tertiary/aromatic N) is 1. The van der Waals surface area contributed by atoms with Crippen molar-refractivity contribution in [2.75, 3.05) is 17.4 Å². The zero-order chi connectivity index (χ0) is 25.4. The molecule has 0 fully saturated rings. The number of hydrogen-bond acceptors (Lipinski definition) is 3. The van der Waals surface area contributed by atoms with Crippen molar-refractivity contribution in [2.45, 2.75) is 31.0 Å².